The molecular weight excluding hydrogens is 500 g/mol. The molecule has 0 aliphatic heterocycles. The van der Waals surface area contributed by atoms with Gasteiger partial charge in [-0.25, -0.2) is 0 Å². The number of rotatable bonds is 10. The number of halogens is 1. The monoisotopic (exact) mass is 534 g/mol. The largest absolute Gasteiger partial charge is 0.352 e. The minimum atomic E-state index is -0.621. The van der Waals surface area contributed by atoms with E-state index in [1.165, 1.54) is 5.56 Å². The number of nitrogens with one attached hydrogen (secondary N) is 1. The van der Waals surface area contributed by atoms with Crippen LogP contribution in [0, 0.1) is 13.8 Å². The number of benzene rings is 3. The first kappa shape index (κ1) is 26.7. The van der Waals surface area contributed by atoms with E-state index in [2.05, 4.69) is 41.2 Å². The molecule has 0 saturated carbocycles. The Hall–Kier alpha value is -2.92. The number of aryl methyl sites for hydroxylation is 2. The van der Waals surface area contributed by atoms with E-state index >= 15 is 0 Å². The van der Waals surface area contributed by atoms with Crippen molar-refractivity contribution in [2.75, 3.05) is 0 Å². The Kier molecular flexibility index (Phi) is 9.67. The first-order valence-electron chi connectivity index (χ1n) is 12.2. The zero-order chi connectivity index (χ0) is 25.4. The van der Waals surface area contributed by atoms with Crippen molar-refractivity contribution in [3.8, 4) is 0 Å². The lowest BCUT2D eigenvalue weighted by atomic mass is 10.00. The van der Waals surface area contributed by atoms with Crippen LogP contribution in [0.2, 0.25) is 0 Å². The molecule has 184 valence electrons. The average molecular weight is 536 g/mol. The number of carbonyl (C=O) groups excluding carboxylic acids is 2. The summed E-state index contributed by atoms with van der Waals surface area (Å²) in [7, 11) is 0. The topological polar surface area (TPSA) is 49.4 Å². The van der Waals surface area contributed by atoms with Crippen LogP contribution in [0.5, 0.6) is 0 Å². The molecule has 5 heteroatoms. The fourth-order valence-electron chi connectivity index (χ4n) is 4.02. The Morgan fingerprint density at radius 3 is 2.26 bits per heavy atom. The van der Waals surface area contributed by atoms with Crippen LogP contribution in [0.3, 0.4) is 0 Å². The minimum absolute atomic E-state index is 0.0309. The lowest BCUT2D eigenvalue weighted by Crippen LogP contribution is -2.52. The molecule has 3 rings (SSSR count). The van der Waals surface area contributed by atoms with Gasteiger partial charge in [0.15, 0.2) is 0 Å². The SMILES string of the molecule is CC[C@@H](C)NC(=O)[C@H](Cc1ccccc1)N(Cc1cccc(Br)c1)C(=O)Cc1ccc(C)c(C)c1. The molecule has 0 fully saturated rings. The predicted octanol–water partition coefficient (Wildman–Crippen LogP) is 6.16. The normalized spacial score (nSPS) is 12.6. The summed E-state index contributed by atoms with van der Waals surface area (Å²) < 4.78 is 0.945. The fraction of sp³-hybridized carbons (Fsp3) is 0.333. The van der Waals surface area contributed by atoms with Gasteiger partial charge in [-0.3, -0.25) is 9.59 Å². The van der Waals surface area contributed by atoms with Gasteiger partial charge in [-0.2, -0.15) is 0 Å². The van der Waals surface area contributed by atoms with Gasteiger partial charge in [0.25, 0.3) is 0 Å². The highest BCUT2D eigenvalue weighted by molar-refractivity contribution is 9.10. The van der Waals surface area contributed by atoms with Crippen molar-refractivity contribution in [1.29, 1.82) is 0 Å². The first-order chi connectivity index (χ1) is 16.8. The molecule has 0 bridgehead atoms. The zero-order valence-corrected chi connectivity index (χ0v) is 22.6. The van der Waals surface area contributed by atoms with Gasteiger partial charge in [-0.1, -0.05) is 83.5 Å². The molecule has 0 heterocycles. The number of hydrogen-bond donors (Lipinski definition) is 1. The molecule has 3 aromatic carbocycles. The van der Waals surface area contributed by atoms with Crippen LogP contribution in [0.15, 0.2) is 77.3 Å². The summed E-state index contributed by atoms with van der Waals surface area (Å²) in [5, 5.41) is 3.12. The molecule has 0 unspecified atom stereocenters. The smallest absolute Gasteiger partial charge is 0.243 e. The zero-order valence-electron chi connectivity index (χ0n) is 21.1. The quantitative estimate of drug-likeness (QED) is 0.338. The van der Waals surface area contributed by atoms with Gasteiger partial charge in [0.1, 0.15) is 6.04 Å². The molecule has 0 spiro atoms. The molecule has 4 nitrogen and oxygen atoms in total. The van der Waals surface area contributed by atoms with Gasteiger partial charge in [0.05, 0.1) is 6.42 Å². The Morgan fingerprint density at radius 1 is 0.886 bits per heavy atom. The van der Waals surface area contributed by atoms with Gasteiger partial charge >= 0.3 is 0 Å². The molecule has 1 N–H and O–H groups in total. The number of nitrogens with zero attached hydrogens (tertiary/aromatic N) is 1. The Morgan fingerprint density at radius 2 is 1.60 bits per heavy atom. The first-order valence-corrected chi connectivity index (χ1v) is 13.0. The van der Waals surface area contributed by atoms with E-state index in [0.29, 0.717) is 13.0 Å². The summed E-state index contributed by atoms with van der Waals surface area (Å²) in [6.07, 6.45) is 1.53. The van der Waals surface area contributed by atoms with Gasteiger partial charge in [0.2, 0.25) is 11.8 Å². The number of carbonyl (C=O) groups is 2. The highest BCUT2D eigenvalue weighted by atomic mass is 79.9. The molecule has 3 aromatic rings. The summed E-state index contributed by atoms with van der Waals surface area (Å²) in [5.41, 5.74) is 5.31. The second-order valence-corrected chi connectivity index (χ2v) is 10.2. The van der Waals surface area contributed by atoms with Crippen LogP contribution in [0.1, 0.15) is 48.1 Å². The summed E-state index contributed by atoms with van der Waals surface area (Å²) in [5.74, 6) is -0.180. The van der Waals surface area contributed by atoms with E-state index in [-0.39, 0.29) is 24.3 Å². The van der Waals surface area contributed by atoms with Crippen molar-refractivity contribution in [3.05, 3.63) is 105 Å². The lowest BCUT2D eigenvalue weighted by Gasteiger charge is -2.32. The summed E-state index contributed by atoms with van der Waals surface area (Å²) in [6, 6.07) is 23.3. The maximum atomic E-state index is 13.8. The fourth-order valence-corrected chi connectivity index (χ4v) is 4.46. The van der Waals surface area contributed by atoms with Crippen molar-refractivity contribution in [2.45, 2.75) is 65.6 Å². The van der Waals surface area contributed by atoms with Crippen LogP contribution in [-0.4, -0.2) is 28.8 Å². The van der Waals surface area contributed by atoms with Gasteiger partial charge < -0.3 is 10.2 Å². The lowest BCUT2D eigenvalue weighted by molar-refractivity contribution is -0.141. The van der Waals surface area contributed by atoms with Crippen LogP contribution in [-0.2, 0) is 29.0 Å². The average Bonchev–Trinajstić information content (AvgIpc) is 2.84. The van der Waals surface area contributed by atoms with Crippen LogP contribution < -0.4 is 5.32 Å². The molecule has 0 aliphatic rings. The molecular formula is C30H35BrN2O2. The van der Waals surface area contributed by atoms with Crippen molar-refractivity contribution < 1.29 is 9.59 Å². The summed E-state index contributed by atoms with van der Waals surface area (Å²) in [4.78, 5) is 29.1. The van der Waals surface area contributed by atoms with Crippen LogP contribution in [0.4, 0.5) is 0 Å². The highest BCUT2D eigenvalue weighted by Crippen LogP contribution is 2.20. The van der Waals surface area contributed by atoms with Gasteiger partial charge in [-0.05, 0) is 67.1 Å². The van der Waals surface area contributed by atoms with Crippen LogP contribution >= 0.6 is 15.9 Å². The van der Waals surface area contributed by atoms with Crippen molar-refractivity contribution in [2.24, 2.45) is 0 Å². The highest BCUT2D eigenvalue weighted by Gasteiger charge is 2.31. The standard InChI is InChI=1S/C30H35BrN2O2/c1-5-23(4)32-30(35)28(18-24-10-7-6-8-11-24)33(20-26-12-9-13-27(31)17-26)29(34)19-25-15-14-21(2)22(3)16-25/h6-17,23,28H,5,18-20H2,1-4H3,(H,32,35)/t23-,28+/m1/s1. The van der Waals surface area contributed by atoms with Crippen LogP contribution in [0.25, 0.3) is 0 Å². The third-order valence-corrected chi connectivity index (χ3v) is 6.93. The molecule has 0 radical (unpaired) electrons. The maximum absolute atomic E-state index is 13.8. The second kappa shape index (κ2) is 12.7. The Labute approximate surface area is 217 Å². The molecule has 0 aromatic heterocycles. The van der Waals surface area contributed by atoms with Gasteiger partial charge in [-0.15, -0.1) is 0 Å². The van der Waals surface area contributed by atoms with Crippen molar-refractivity contribution in [3.63, 3.8) is 0 Å². The number of amides is 2. The third-order valence-electron chi connectivity index (χ3n) is 6.44. The molecule has 2 atom stereocenters. The number of hydrogen-bond acceptors (Lipinski definition) is 2. The summed E-state index contributed by atoms with van der Waals surface area (Å²) >= 11 is 3.54. The third kappa shape index (κ3) is 7.79. The van der Waals surface area contributed by atoms with Gasteiger partial charge in [0, 0.05) is 23.5 Å². The summed E-state index contributed by atoms with van der Waals surface area (Å²) in [6.45, 7) is 8.51. The van der Waals surface area contributed by atoms with E-state index in [1.54, 1.807) is 4.90 Å². The van der Waals surface area contributed by atoms with E-state index < -0.39 is 6.04 Å². The Balaban J connectivity index is 1.98. The van der Waals surface area contributed by atoms with E-state index in [1.807, 2.05) is 80.6 Å². The van der Waals surface area contributed by atoms with Crippen molar-refractivity contribution in [1.82, 2.24) is 10.2 Å². The second-order valence-electron chi connectivity index (χ2n) is 9.27. The molecule has 2 amide bonds. The van der Waals surface area contributed by atoms with Crippen molar-refractivity contribution >= 4 is 27.7 Å². The molecule has 35 heavy (non-hydrogen) atoms. The van der Waals surface area contributed by atoms with E-state index in [4.69, 9.17) is 0 Å². The maximum Gasteiger partial charge on any atom is 0.243 e. The minimum Gasteiger partial charge on any atom is -0.352 e. The van der Waals surface area contributed by atoms with E-state index in [9.17, 15) is 9.59 Å². The van der Waals surface area contributed by atoms with E-state index in [0.717, 1.165) is 33.1 Å². The molecule has 0 saturated heterocycles. The molecule has 0 aliphatic carbocycles. The Bertz CT molecular complexity index is 1150. The predicted molar refractivity (Wildman–Crippen MR) is 146 cm³/mol.